The topological polar surface area (TPSA) is 89.9 Å². The normalized spacial score (nSPS) is 8.22. The molecule has 0 bridgehead atoms. The zero-order valence-electron chi connectivity index (χ0n) is 14.7. The zero-order valence-corrected chi connectivity index (χ0v) is 14.7. The average Bonchev–Trinajstić information content (AvgIpc) is 2.51. The van der Waals surface area contributed by atoms with Gasteiger partial charge in [0.05, 0.1) is 14.2 Å². The van der Waals surface area contributed by atoms with E-state index in [1.54, 1.807) is 13.8 Å². The van der Waals surface area contributed by atoms with E-state index in [1.807, 2.05) is 6.92 Å². The van der Waals surface area contributed by atoms with Crippen molar-refractivity contribution >= 4 is 17.9 Å². The molecule has 6 nitrogen and oxygen atoms in total. The van der Waals surface area contributed by atoms with Gasteiger partial charge in [0.15, 0.2) is 0 Å². The fourth-order valence-corrected chi connectivity index (χ4v) is 0.846. The third-order valence-corrected chi connectivity index (χ3v) is 2.20. The Hall–Kier alpha value is -2.37. The molecule has 0 aromatic carbocycles. The molecule has 0 aliphatic heterocycles. The Kier molecular flexibility index (Phi) is 17.8. The summed E-state index contributed by atoms with van der Waals surface area (Å²) in [5.74, 6) is -1.57. The Labute approximate surface area is 138 Å². The van der Waals surface area contributed by atoms with Crippen LogP contribution in [0.25, 0.3) is 0 Å². The van der Waals surface area contributed by atoms with E-state index in [0.29, 0.717) is 23.1 Å². The molecule has 23 heavy (non-hydrogen) atoms. The molecule has 0 saturated carbocycles. The Bertz CT molecular complexity index is 408. The van der Waals surface area contributed by atoms with Gasteiger partial charge in [-0.25, -0.2) is 14.4 Å². The predicted octanol–water partition coefficient (Wildman–Crippen LogP) is 3.29. The van der Waals surface area contributed by atoms with Crippen LogP contribution in [0.4, 0.5) is 0 Å². The summed E-state index contributed by atoms with van der Waals surface area (Å²) in [5, 5.41) is 8.31. The number of carboxylic acids is 1. The summed E-state index contributed by atoms with van der Waals surface area (Å²) in [5.41, 5.74) is 1.18. The summed E-state index contributed by atoms with van der Waals surface area (Å²) in [6.45, 7) is 15.3. The van der Waals surface area contributed by atoms with E-state index in [0.717, 1.165) is 12.8 Å². The predicted molar refractivity (Wildman–Crippen MR) is 90.0 cm³/mol. The summed E-state index contributed by atoms with van der Waals surface area (Å²) >= 11 is 0. The second-order valence-electron chi connectivity index (χ2n) is 4.56. The van der Waals surface area contributed by atoms with Crippen molar-refractivity contribution < 1.29 is 29.0 Å². The highest BCUT2D eigenvalue weighted by atomic mass is 16.5. The molecule has 0 radical (unpaired) electrons. The molecule has 0 rings (SSSR count). The summed E-state index contributed by atoms with van der Waals surface area (Å²) < 4.78 is 8.55. The summed E-state index contributed by atoms with van der Waals surface area (Å²) in [4.78, 5) is 30.5. The van der Waals surface area contributed by atoms with E-state index in [1.165, 1.54) is 14.2 Å². The smallest absolute Gasteiger partial charge is 0.332 e. The van der Waals surface area contributed by atoms with Crippen molar-refractivity contribution in [2.75, 3.05) is 14.2 Å². The van der Waals surface area contributed by atoms with Crippen LogP contribution < -0.4 is 0 Å². The van der Waals surface area contributed by atoms with Gasteiger partial charge in [-0.3, -0.25) is 0 Å². The molecule has 0 aromatic heterocycles. The monoisotopic (exact) mass is 328 g/mol. The quantitative estimate of drug-likeness (QED) is 0.594. The van der Waals surface area contributed by atoms with Crippen LogP contribution in [0.15, 0.2) is 36.5 Å². The summed E-state index contributed by atoms with van der Waals surface area (Å²) in [7, 11) is 2.66. The standard InChI is InChI=1S/C7H12O2.2C5H8O2/c1-3-4-5-6(2)7(8)9;2*1-4(2)5(6)7-3/h2-5H2,1H3,(H,8,9);2*1H2,2-3H3. The fraction of sp³-hybridized carbons (Fsp3) is 0.471. The van der Waals surface area contributed by atoms with Gasteiger partial charge in [-0.05, 0) is 26.7 Å². The van der Waals surface area contributed by atoms with Crippen LogP contribution >= 0.6 is 0 Å². The minimum Gasteiger partial charge on any atom is -0.478 e. The van der Waals surface area contributed by atoms with Crippen LogP contribution in [0.1, 0.15) is 40.0 Å². The highest BCUT2D eigenvalue weighted by molar-refractivity contribution is 5.87. The van der Waals surface area contributed by atoms with Crippen molar-refractivity contribution in [3.8, 4) is 0 Å². The first-order valence-electron chi connectivity index (χ1n) is 6.93. The van der Waals surface area contributed by atoms with Crippen molar-refractivity contribution in [1.82, 2.24) is 0 Å². The largest absolute Gasteiger partial charge is 0.478 e. The number of ether oxygens (including phenoxy) is 2. The number of unbranched alkanes of at least 4 members (excludes halogenated alkanes) is 1. The Balaban J connectivity index is -0.000000264. The first kappa shape index (κ1) is 25.6. The Morgan fingerprint density at radius 2 is 1.26 bits per heavy atom. The molecule has 1 N–H and O–H groups in total. The lowest BCUT2D eigenvalue weighted by atomic mass is 10.1. The molecule has 0 atom stereocenters. The molecule has 0 heterocycles. The van der Waals surface area contributed by atoms with Gasteiger partial charge in [0.2, 0.25) is 0 Å². The van der Waals surface area contributed by atoms with Crippen LogP contribution in [0, 0.1) is 0 Å². The van der Waals surface area contributed by atoms with Crippen LogP contribution in [-0.4, -0.2) is 37.2 Å². The van der Waals surface area contributed by atoms with E-state index in [4.69, 9.17) is 5.11 Å². The number of hydrogen-bond donors (Lipinski definition) is 1. The number of methoxy groups -OCH3 is 2. The van der Waals surface area contributed by atoms with E-state index in [2.05, 4.69) is 29.2 Å². The van der Waals surface area contributed by atoms with Gasteiger partial charge in [-0.2, -0.15) is 0 Å². The van der Waals surface area contributed by atoms with Crippen LogP contribution in [0.3, 0.4) is 0 Å². The molecule has 0 aliphatic carbocycles. The maximum absolute atomic E-state index is 10.2. The highest BCUT2D eigenvalue weighted by Crippen LogP contribution is 2.03. The average molecular weight is 328 g/mol. The fourth-order valence-electron chi connectivity index (χ4n) is 0.846. The van der Waals surface area contributed by atoms with Gasteiger partial charge >= 0.3 is 17.9 Å². The lowest BCUT2D eigenvalue weighted by Crippen LogP contribution is -1.98. The van der Waals surface area contributed by atoms with Crippen molar-refractivity contribution in [3.63, 3.8) is 0 Å². The number of esters is 2. The lowest BCUT2D eigenvalue weighted by Gasteiger charge is -1.95. The van der Waals surface area contributed by atoms with Crippen molar-refractivity contribution in [2.24, 2.45) is 0 Å². The first-order chi connectivity index (χ1) is 10.5. The maximum Gasteiger partial charge on any atom is 0.332 e. The number of hydrogen-bond acceptors (Lipinski definition) is 5. The minimum absolute atomic E-state index is 0.317. The molecule has 0 aliphatic rings. The second kappa shape index (κ2) is 16.0. The van der Waals surface area contributed by atoms with E-state index in [-0.39, 0.29) is 11.9 Å². The van der Waals surface area contributed by atoms with E-state index in [9.17, 15) is 14.4 Å². The Morgan fingerprint density at radius 1 is 0.913 bits per heavy atom. The molecule has 0 unspecified atom stereocenters. The number of aliphatic carboxylic acids is 1. The first-order valence-corrected chi connectivity index (χ1v) is 6.93. The summed E-state index contributed by atoms with van der Waals surface area (Å²) in [6.07, 6.45) is 2.56. The Morgan fingerprint density at radius 3 is 1.39 bits per heavy atom. The number of rotatable bonds is 6. The molecule has 0 amide bonds. The maximum atomic E-state index is 10.2. The highest BCUT2D eigenvalue weighted by Gasteiger charge is 2.00. The molecule has 0 spiro atoms. The van der Waals surface area contributed by atoms with Gasteiger partial charge in [-0.15, -0.1) is 0 Å². The summed E-state index contributed by atoms with van der Waals surface area (Å²) in [6, 6.07) is 0. The second-order valence-corrected chi connectivity index (χ2v) is 4.56. The van der Waals surface area contributed by atoms with Gasteiger partial charge in [0.1, 0.15) is 0 Å². The molecule has 0 saturated heterocycles. The molecule has 132 valence electrons. The van der Waals surface area contributed by atoms with Crippen molar-refractivity contribution in [3.05, 3.63) is 36.5 Å². The molecular weight excluding hydrogens is 300 g/mol. The van der Waals surface area contributed by atoms with E-state index < -0.39 is 5.97 Å². The van der Waals surface area contributed by atoms with Crippen LogP contribution in [0.2, 0.25) is 0 Å². The van der Waals surface area contributed by atoms with Crippen molar-refractivity contribution in [2.45, 2.75) is 40.0 Å². The zero-order chi connectivity index (χ0) is 19.0. The molecule has 0 aromatic rings. The third kappa shape index (κ3) is 19.6. The molecule has 6 heteroatoms. The van der Waals surface area contributed by atoms with Gasteiger partial charge < -0.3 is 14.6 Å². The SMILES string of the molecule is C=C(C)C(=O)OC.C=C(C)C(=O)OC.C=C(CCCC)C(=O)O. The molecular formula is C17H28O6. The molecule has 0 fully saturated rings. The third-order valence-electron chi connectivity index (χ3n) is 2.20. The number of carboxylic acid groups (broad SMARTS) is 1. The van der Waals surface area contributed by atoms with Gasteiger partial charge in [-0.1, -0.05) is 33.1 Å². The van der Waals surface area contributed by atoms with Gasteiger partial charge in [0, 0.05) is 16.7 Å². The lowest BCUT2D eigenvalue weighted by molar-refractivity contribution is -0.136. The van der Waals surface area contributed by atoms with Crippen LogP contribution in [-0.2, 0) is 23.9 Å². The minimum atomic E-state index is -0.872. The number of carbonyl (C=O) groups excluding carboxylic acids is 2. The van der Waals surface area contributed by atoms with Crippen LogP contribution in [0.5, 0.6) is 0 Å². The van der Waals surface area contributed by atoms with Gasteiger partial charge in [0.25, 0.3) is 0 Å². The number of carbonyl (C=O) groups is 3. The van der Waals surface area contributed by atoms with E-state index >= 15 is 0 Å². The van der Waals surface area contributed by atoms with Crippen molar-refractivity contribution in [1.29, 1.82) is 0 Å².